The highest BCUT2D eigenvalue weighted by Crippen LogP contribution is 2.33. The van der Waals surface area contributed by atoms with E-state index in [0.29, 0.717) is 6.04 Å². The topological polar surface area (TPSA) is 64.3 Å². The van der Waals surface area contributed by atoms with Crippen molar-refractivity contribution in [1.82, 2.24) is 5.32 Å². The van der Waals surface area contributed by atoms with Crippen LogP contribution in [0.25, 0.3) is 0 Å². The predicted octanol–water partition coefficient (Wildman–Crippen LogP) is 0.797. The second-order valence-corrected chi connectivity index (χ2v) is 5.21. The standard InChI is InChI=1S/C12H22N2O2/c1-8(6-9-2-3-9)14-7-10-4-5-11(16-10)12(13)15/h8-11,14H,2-7H2,1H3,(H2,13,15). The third-order valence-corrected chi connectivity index (χ3v) is 3.50. The van der Waals surface area contributed by atoms with Gasteiger partial charge in [-0.3, -0.25) is 4.79 Å². The van der Waals surface area contributed by atoms with Crippen molar-refractivity contribution < 1.29 is 9.53 Å². The third-order valence-electron chi connectivity index (χ3n) is 3.50. The lowest BCUT2D eigenvalue weighted by atomic mass is 10.1. The summed E-state index contributed by atoms with van der Waals surface area (Å²) < 4.78 is 5.56. The van der Waals surface area contributed by atoms with E-state index in [0.717, 1.165) is 25.3 Å². The monoisotopic (exact) mass is 226 g/mol. The number of carbonyl (C=O) groups excluding carboxylic acids is 1. The molecular weight excluding hydrogens is 204 g/mol. The van der Waals surface area contributed by atoms with Gasteiger partial charge in [0, 0.05) is 12.6 Å². The Labute approximate surface area is 96.9 Å². The summed E-state index contributed by atoms with van der Waals surface area (Å²) in [7, 11) is 0. The molecule has 0 aromatic carbocycles. The second-order valence-electron chi connectivity index (χ2n) is 5.21. The van der Waals surface area contributed by atoms with Gasteiger partial charge in [-0.15, -0.1) is 0 Å². The van der Waals surface area contributed by atoms with Crippen molar-refractivity contribution in [2.24, 2.45) is 11.7 Å². The summed E-state index contributed by atoms with van der Waals surface area (Å²) in [5.41, 5.74) is 5.21. The number of hydrogen-bond acceptors (Lipinski definition) is 3. The Morgan fingerprint density at radius 1 is 1.44 bits per heavy atom. The zero-order chi connectivity index (χ0) is 11.5. The first-order valence-corrected chi connectivity index (χ1v) is 6.33. The van der Waals surface area contributed by atoms with E-state index in [1.165, 1.54) is 19.3 Å². The molecule has 3 atom stereocenters. The zero-order valence-electron chi connectivity index (χ0n) is 9.95. The van der Waals surface area contributed by atoms with E-state index in [1.54, 1.807) is 0 Å². The number of nitrogens with one attached hydrogen (secondary N) is 1. The van der Waals surface area contributed by atoms with Crippen LogP contribution in [0, 0.1) is 5.92 Å². The molecule has 16 heavy (non-hydrogen) atoms. The van der Waals surface area contributed by atoms with Crippen LogP contribution < -0.4 is 11.1 Å². The van der Waals surface area contributed by atoms with Crippen molar-refractivity contribution in [2.45, 2.75) is 57.3 Å². The second kappa shape index (κ2) is 5.15. The molecule has 3 unspecified atom stereocenters. The van der Waals surface area contributed by atoms with E-state index >= 15 is 0 Å². The molecule has 0 aromatic heterocycles. The molecule has 4 nitrogen and oxygen atoms in total. The first kappa shape index (κ1) is 11.9. The fraction of sp³-hybridized carbons (Fsp3) is 0.917. The molecule has 1 aliphatic heterocycles. The number of primary amides is 1. The van der Waals surface area contributed by atoms with Gasteiger partial charge >= 0.3 is 0 Å². The number of rotatable bonds is 6. The Bertz CT molecular complexity index is 253. The van der Waals surface area contributed by atoms with Crippen molar-refractivity contribution >= 4 is 5.91 Å². The fourth-order valence-electron chi connectivity index (χ4n) is 2.33. The molecule has 3 N–H and O–H groups in total. The summed E-state index contributed by atoms with van der Waals surface area (Å²) in [5, 5.41) is 3.48. The van der Waals surface area contributed by atoms with Crippen molar-refractivity contribution in [1.29, 1.82) is 0 Å². The number of ether oxygens (including phenoxy) is 1. The molecule has 0 radical (unpaired) electrons. The molecule has 2 fully saturated rings. The summed E-state index contributed by atoms with van der Waals surface area (Å²) in [6.07, 6.45) is 5.59. The lowest BCUT2D eigenvalue weighted by Gasteiger charge is -2.17. The van der Waals surface area contributed by atoms with Gasteiger partial charge in [-0.2, -0.15) is 0 Å². The normalized spacial score (nSPS) is 31.6. The number of carbonyl (C=O) groups is 1. The van der Waals surface area contributed by atoms with Crippen LogP contribution in [0.3, 0.4) is 0 Å². The van der Waals surface area contributed by atoms with Gasteiger partial charge in [-0.25, -0.2) is 0 Å². The van der Waals surface area contributed by atoms with Gasteiger partial charge in [-0.1, -0.05) is 12.8 Å². The van der Waals surface area contributed by atoms with Gasteiger partial charge in [0.25, 0.3) is 0 Å². The summed E-state index contributed by atoms with van der Waals surface area (Å²) in [6.45, 7) is 3.07. The van der Waals surface area contributed by atoms with E-state index in [4.69, 9.17) is 10.5 Å². The van der Waals surface area contributed by atoms with Crippen LogP contribution in [0.5, 0.6) is 0 Å². The van der Waals surface area contributed by atoms with Gasteiger partial charge in [0.15, 0.2) is 0 Å². The van der Waals surface area contributed by atoms with Crippen LogP contribution in [0.4, 0.5) is 0 Å². The SMILES string of the molecule is CC(CC1CC1)NCC1CCC(C(N)=O)O1. The summed E-state index contributed by atoms with van der Waals surface area (Å²) in [5.74, 6) is 0.624. The average molecular weight is 226 g/mol. The van der Waals surface area contributed by atoms with Gasteiger partial charge < -0.3 is 15.8 Å². The van der Waals surface area contributed by atoms with Crippen molar-refractivity contribution in [3.8, 4) is 0 Å². The maximum atomic E-state index is 10.9. The van der Waals surface area contributed by atoms with Crippen molar-refractivity contribution in [2.75, 3.05) is 6.54 Å². The highest BCUT2D eigenvalue weighted by Gasteiger charge is 2.29. The average Bonchev–Trinajstić information content (AvgIpc) is 2.91. The number of nitrogens with two attached hydrogens (primary N) is 1. The molecule has 0 spiro atoms. The molecule has 1 aliphatic carbocycles. The molecule has 92 valence electrons. The predicted molar refractivity (Wildman–Crippen MR) is 61.9 cm³/mol. The summed E-state index contributed by atoms with van der Waals surface area (Å²) in [4.78, 5) is 10.9. The molecule has 1 amide bonds. The highest BCUT2D eigenvalue weighted by molar-refractivity contribution is 5.79. The van der Waals surface area contributed by atoms with Crippen LogP contribution in [-0.2, 0) is 9.53 Å². The van der Waals surface area contributed by atoms with Crippen molar-refractivity contribution in [3.05, 3.63) is 0 Å². The largest absolute Gasteiger partial charge is 0.367 e. The Morgan fingerprint density at radius 3 is 2.75 bits per heavy atom. The molecule has 0 aromatic rings. The quantitative estimate of drug-likeness (QED) is 0.704. The van der Waals surface area contributed by atoms with E-state index in [9.17, 15) is 4.79 Å². The Kier molecular flexibility index (Phi) is 3.82. The first-order valence-electron chi connectivity index (χ1n) is 6.33. The number of hydrogen-bond donors (Lipinski definition) is 2. The molecule has 2 aliphatic rings. The minimum Gasteiger partial charge on any atom is -0.367 e. The summed E-state index contributed by atoms with van der Waals surface area (Å²) >= 11 is 0. The Morgan fingerprint density at radius 2 is 2.19 bits per heavy atom. The van der Waals surface area contributed by atoms with Crippen molar-refractivity contribution in [3.63, 3.8) is 0 Å². The maximum Gasteiger partial charge on any atom is 0.246 e. The van der Waals surface area contributed by atoms with Gasteiger partial charge in [0.05, 0.1) is 6.10 Å². The minimum atomic E-state index is -0.356. The van der Waals surface area contributed by atoms with E-state index in [1.807, 2.05) is 0 Å². The van der Waals surface area contributed by atoms with E-state index in [2.05, 4.69) is 12.2 Å². The highest BCUT2D eigenvalue weighted by atomic mass is 16.5. The lowest BCUT2D eigenvalue weighted by molar-refractivity contribution is -0.128. The summed E-state index contributed by atoms with van der Waals surface area (Å²) in [6, 6.07) is 0.559. The van der Waals surface area contributed by atoms with Gasteiger partial charge in [0.2, 0.25) is 5.91 Å². The zero-order valence-corrected chi connectivity index (χ0v) is 9.95. The lowest BCUT2D eigenvalue weighted by Crippen LogP contribution is -2.35. The minimum absolute atomic E-state index is 0.166. The Hall–Kier alpha value is -0.610. The molecule has 1 saturated heterocycles. The molecule has 0 bridgehead atoms. The smallest absolute Gasteiger partial charge is 0.246 e. The maximum absolute atomic E-state index is 10.9. The van der Waals surface area contributed by atoms with Crippen LogP contribution in [-0.4, -0.2) is 30.7 Å². The van der Waals surface area contributed by atoms with Crippen LogP contribution in [0.1, 0.15) is 39.0 Å². The molecule has 1 heterocycles. The molecule has 4 heteroatoms. The first-order chi connectivity index (χ1) is 7.65. The Balaban J connectivity index is 1.61. The van der Waals surface area contributed by atoms with E-state index in [-0.39, 0.29) is 18.1 Å². The molecule has 2 rings (SSSR count). The number of amides is 1. The molecule has 1 saturated carbocycles. The van der Waals surface area contributed by atoms with Crippen LogP contribution in [0.15, 0.2) is 0 Å². The van der Waals surface area contributed by atoms with Crippen LogP contribution >= 0.6 is 0 Å². The van der Waals surface area contributed by atoms with E-state index < -0.39 is 0 Å². The van der Waals surface area contributed by atoms with Gasteiger partial charge in [0.1, 0.15) is 6.10 Å². The van der Waals surface area contributed by atoms with Crippen LogP contribution in [0.2, 0.25) is 0 Å². The molecular formula is C12H22N2O2. The third kappa shape index (κ3) is 3.46. The fourth-order valence-corrected chi connectivity index (χ4v) is 2.33. The van der Waals surface area contributed by atoms with Gasteiger partial charge in [-0.05, 0) is 32.1 Å².